The zero-order valence-corrected chi connectivity index (χ0v) is 13.6. The maximum absolute atomic E-state index is 6.11. The van der Waals surface area contributed by atoms with Crippen molar-refractivity contribution in [3.8, 4) is 22.9 Å². The molecule has 0 saturated carbocycles. The molecule has 0 spiro atoms. The lowest BCUT2D eigenvalue weighted by Crippen LogP contribution is -2.32. The molecule has 116 valence electrons. The van der Waals surface area contributed by atoms with Gasteiger partial charge in [0.15, 0.2) is 0 Å². The Bertz CT molecular complexity index is 1090. The molecule has 0 unspecified atom stereocenters. The summed E-state index contributed by atoms with van der Waals surface area (Å²) in [5.74, 6) is 1.73. The second kappa shape index (κ2) is 4.71. The highest BCUT2D eigenvalue weighted by molar-refractivity contribution is 5.83. The molecule has 0 aliphatic carbocycles. The number of aryl methyl sites for hydroxylation is 2. The van der Waals surface area contributed by atoms with Crippen molar-refractivity contribution in [1.29, 1.82) is 0 Å². The van der Waals surface area contributed by atoms with Crippen LogP contribution in [-0.2, 0) is 0 Å². The lowest BCUT2D eigenvalue weighted by Gasteiger charge is -2.18. The third-order valence-electron chi connectivity index (χ3n) is 4.63. The van der Waals surface area contributed by atoms with Gasteiger partial charge in [-0.3, -0.25) is 9.13 Å². The van der Waals surface area contributed by atoms with Gasteiger partial charge in [0.25, 0.3) is 6.33 Å². The average Bonchev–Trinajstić information content (AvgIpc) is 2.96. The van der Waals surface area contributed by atoms with Crippen LogP contribution in [0.2, 0.25) is 0 Å². The summed E-state index contributed by atoms with van der Waals surface area (Å²) in [5, 5.41) is 0. The van der Waals surface area contributed by atoms with Crippen LogP contribution in [0.4, 0.5) is 0 Å². The minimum absolute atomic E-state index is 0.859. The molecular weight excluding hydrogens is 296 g/mol. The molecule has 0 atom stereocenters. The number of aromatic nitrogens is 2. The number of para-hydroxylation sites is 4. The van der Waals surface area contributed by atoms with Crippen molar-refractivity contribution >= 4 is 11.0 Å². The number of ether oxygens (including phenoxy) is 1. The van der Waals surface area contributed by atoms with Gasteiger partial charge < -0.3 is 4.74 Å². The van der Waals surface area contributed by atoms with Gasteiger partial charge in [0.1, 0.15) is 22.7 Å². The first-order chi connectivity index (χ1) is 11.7. The maximum atomic E-state index is 6.11. The van der Waals surface area contributed by atoms with Gasteiger partial charge in [-0.05, 0) is 43.2 Å². The van der Waals surface area contributed by atoms with Crippen LogP contribution in [0.25, 0.3) is 22.4 Å². The molecule has 0 amide bonds. The summed E-state index contributed by atoms with van der Waals surface area (Å²) in [4.78, 5) is 0. The van der Waals surface area contributed by atoms with Crippen molar-refractivity contribution in [3.63, 3.8) is 0 Å². The fraction of sp³-hybridized carbons (Fsp3) is 0.0952. The normalized spacial score (nSPS) is 12.1. The minimum Gasteiger partial charge on any atom is -0.465 e. The number of nitrogens with zero attached hydrogens (tertiary/aromatic N) is 2. The molecular formula is C21H16N2O. The first-order valence-corrected chi connectivity index (χ1v) is 8.07. The van der Waals surface area contributed by atoms with Crippen molar-refractivity contribution < 1.29 is 9.30 Å². The molecule has 1 aliphatic rings. The van der Waals surface area contributed by atoms with E-state index in [1.54, 1.807) is 0 Å². The number of imidazole rings is 1. The Morgan fingerprint density at radius 2 is 1.54 bits per heavy atom. The Morgan fingerprint density at radius 3 is 2.38 bits per heavy atom. The van der Waals surface area contributed by atoms with Crippen molar-refractivity contribution in [2.45, 2.75) is 13.8 Å². The Morgan fingerprint density at radius 1 is 0.833 bits per heavy atom. The molecule has 0 N–H and O–H groups in total. The SMILES string of the molecule is Cc1cccc(C)c1-n1[c-][n+]2c3c(cccc31)Oc1ccccc1-2. The molecule has 0 fully saturated rings. The van der Waals surface area contributed by atoms with Gasteiger partial charge in [-0.1, -0.05) is 42.5 Å². The summed E-state index contributed by atoms with van der Waals surface area (Å²) in [6.07, 6.45) is 3.54. The molecule has 3 heteroatoms. The number of rotatable bonds is 1. The minimum atomic E-state index is 0.859. The molecule has 0 bridgehead atoms. The van der Waals surface area contributed by atoms with Crippen LogP contribution in [0.5, 0.6) is 11.5 Å². The summed E-state index contributed by atoms with van der Waals surface area (Å²) in [6.45, 7) is 4.28. The summed E-state index contributed by atoms with van der Waals surface area (Å²) in [5.41, 5.74) is 6.81. The quantitative estimate of drug-likeness (QED) is 0.331. The molecule has 1 aromatic heterocycles. The first-order valence-electron chi connectivity index (χ1n) is 8.07. The third kappa shape index (κ3) is 1.69. The van der Waals surface area contributed by atoms with Crippen LogP contribution in [0.15, 0.2) is 60.7 Å². The smallest absolute Gasteiger partial charge is 0.270 e. The second-order valence-corrected chi connectivity index (χ2v) is 6.20. The summed E-state index contributed by atoms with van der Waals surface area (Å²) >= 11 is 0. The topological polar surface area (TPSA) is 18.0 Å². The Labute approximate surface area is 140 Å². The summed E-state index contributed by atoms with van der Waals surface area (Å²) < 4.78 is 10.4. The predicted molar refractivity (Wildman–Crippen MR) is 93.2 cm³/mol. The number of benzene rings is 3. The summed E-state index contributed by atoms with van der Waals surface area (Å²) in [6, 6.07) is 20.6. The Kier molecular flexibility index (Phi) is 2.63. The van der Waals surface area contributed by atoms with Crippen LogP contribution in [0.1, 0.15) is 11.1 Å². The molecule has 0 radical (unpaired) electrons. The zero-order chi connectivity index (χ0) is 16.3. The second-order valence-electron chi connectivity index (χ2n) is 6.20. The van der Waals surface area contributed by atoms with Crippen molar-refractivity contribution in [2.75, 3.05) is 0 Å². The van der Waals surface area contributed by atoms with Gasteiger partial charge in [-0.2, -0.15) is 0 Å². The highest BCUT2D eigenvalue weighted by Gasteiger charge is 2.23. The Hall–Kier alpha value is -3.07. The maximum Gasteiger partial charge on any atom is 0.270 e. The van der Waals surface area contributed by atoms with E-state index < -0.39 is 0 Å². The van der Waals surface area contributed by atoms with E-state index in [1.165, 1.54) is 16.8 Å². The number of fused-ring (bicyclic) bond motifs is 2. The van der Waals surface area contributed by atoms with Crippen molar-refractivity contribution in [1.82, 2.24) is 4.57 Å². The van der Waals surface area contributed by atoms with E-state index in [4.69, 9.17) is 4.74 Å². The van der Waals surface area contributed by atoms with E-state index in [9.17, 15) is 0 Å². The van der Waals surface area contributed by atoms with Gasteiger partial charge in [0.05, 0.1) is 11.2 Å². The van der Waals surface area contributed by atoms with Gasteiger partial charge in [0.2, 0.25) is 0 Å². The lowest BCUT2D eigenvalue weighted by atomic mass is 10.1. The van der Waals surface area contributed by atoms with E-state index in [2.05, 4.69) is 59.6 Å². The molecule has 1 aliphatic heterocycles. The van der Waals surface area contributed by atoms with E-state index in [1.807, 2.05) is 30.3 Å². The van der Waals surface area contributed by atoms with Gasteiger partial charge >= 0.3 is 0 Å². The molecule has 24 heavy (non-hydrogen) atoms. The monoisotopic (exact) mass is 312 g/mol. The van der Waals surface area contributed by atoms with Crippen molar-refractivity contribution in [2.24, 2.45) is 0 Å². The lowest BCUT2D eigenvalue weighted by molar-refractivity contribution is -0.575. The fourth-order valence-corrected chi connectivity index (χ4v) is 3.55. The van der Waals surface area contributed by atoms with Crippen LogP contribution >= 0.6 is 0 Å². The molecule has 0 saturated heterocycles. The van der Waals surface area contributed by atoms with Crippen LogP contribution in [0, 0.1) is 20.2 Å². The van der Waals surface area contributed by atoms with E-state index in [-0.39, 0.29) is 0 Å². The zero-order valence-electron chi connectivity index (χ0n) is 13.6. The van der Waals surface area contributed by atoms with E-state index in [0.717, 1.165) is 28.2 Å². The Balaban J connectivity index is 1.92. The van der Waals surface area contributed by atoms with Gasteiger partial charge in [-0.25, -0.2) is 0 Å². The fourth-order valence-electron chi connectivity index (χ4n) is 3.55. The highest BCUT2D eigenvalue weighted by atomic mass is 16.5. The first kappa shape index (κ1) is 13.4. The number of hydrogen-bond donors (Lipinski definition) is 0. The van der Waals surface area contributed by atoms with Crippen LogP contribution in [0.3, 0.4) is 0 Å². The van der Waals surface area contributed by atoms with Gasteiger partial charge in [-0.15, -0.1) is 0 Å². The molecule has 3 nitrogen and oxygen atoms in total. The summed E-state index contributed by atoms with van der Waals surface area (Å²) in [7, 11) is 0. The highest BCUT2D eigenvalue weighted by Crippen LogP contribution is 2.36. The number of hydrogen-bond acceptors (Lipinski definition) is 1. The van der Waals surface area contributed by atoms with Crippen LogP contribution in [-0.4, -0.2) is 4.57 Å². The standard InChI is InChI=1S/C21H16N2O/c1-14-7-5-8-15(2)20(14)23-13-22-16-9-3-4-11-18(16)24-19-12-6-10-17(23)21(19)22/h3-12H,1-2H3. The molecule has 4 aromatic rings. The van der Waals surface area contributed by atoms with E-state index in [0.29, 0.717) is 0 Å². The third-order valence-corrected chi connectivity index (χ3v) is 4.63. The average molecular weight is 312 g/mol. The molecule has 3 aromatic carbocycles. The molecule has 2 heterocycles. The van der Waals surface area contributed by atoms with Crippen molar-refractivity contribution in [3.05, 3.63) is 78.1 Å². The molecule has 5 rings (SSSR count). The predicted octanol–water partition coefficient (Wildman–Crippen LogP) is 4.43. The van der Waals surface area contributed by atoms with E-state index >= 15 is 0 Å². The largest absolute Gasteiger partial charge is 0.465 e. The van der Waals surface area contributed by atoms with Gasteiger partial charge in [0, 0.05) is 0 Å². The van der Waals surface area contributed by atoms with Crippen LogP contribution < -0.4 is 9.30 Å².